The molecule has 1 aliphatic heterocycles. The Morgan fingerprint density at radius 3 is 2.52 bits per heavy atom. The molecular weight excluding hydrogens is 284 g/mol. The largest absolute Gasteiger partial charge is 0.486 e. The van der Waals surface area contributed by atoms with Gasteiger partial charge in [0.1, 0.15) is 13.2 Å². The van der Waals surface area contributed by atoms with Gasteiger partial charge in [-0.2, -0.15) is 0 Å². The minimum atomic E-state index is 0.0579. The van der Waals surface area contributed by atoms with Crippen LogP contribution in [-0.4, -0.2) is 18.6 Å². The maximum Gasteiger partial charge on any atom is 0.161 e. The second-order valence-corrected chi connectivity index (χ2v) is 7.68. The van der Waals surface area contributed by atoms with Gasteiger partial charge in [-0.3, -0.25) is 0 Å². The number of hydrogen-bond donors (Lipinski definition) is 0. The lowest BCUT2D eigenvalue weighted by atomic mass is 9.65. The molecule has 3 rings (SSSR count). The summed E-state index contributed by atoms with van der Waals surface area (Å²) in [5, 5.41) is 0.261. The molecule has 1 aromatic rings. The van der Waals surface area contributed by atoms with Crippen molar-refractivity contribution in [2.24, 2.45) is 11.8 Å². The highest BCUT2D eigenvalue weighted by molar-refractivity contribution is 6.20. The lowest BCUT2D eigenvalue weighted by Crippen LogP contribution is -2.38. The van der Waals surface area contributed by atoms with Crippen molar-refractivity contribution in [3.05, 3.63) is 23.8 Å². The van der Waals surface area contributed by atoms with Crippen molar-refractivity contribution < 1.29 is 9.47 Å². The Kier molecular flexibility index (Phi) is 4.09. The van der Waals surface area contributed by atoms with Crippen molar-refractivity contribution in [1.29, 1.82) is 0 Å². The minimum absolute atomic E-state index is 0.0579. The molecule has 116 valence electrons. The topological polar surface area (TPSA) is 18.5 Å². The van der Waals surface area contributed by atoms with Gasteiger partial charge in [0.25, 0.3) is 0 Å². The van der Waals surface area contributed by atoms with Crippen LogP contribution in [0.2, 0.25) is 0 Å². The normalized spacial score (nSPS) is 29.2. The van der Waals surface area contributed by atoms with E-state index in [1.165, 1.54) is 18.4 Å². The molecule has 1 saturated carbocycles. The first-order chi connectivity index (χ1) is 9.98. The Bertz CT molecular complexity index is 512. The van der Waals surface area contributed by atoms with E-state index in [0.29, 0.717) is 19.1 Å². The number of hydrogen-bond acceptors (Lipinski definition) is 2. The first-order valence-electron chi connectivity index (χ1n) is 8.02. The third-order valence-corrected chi connectivity index (χ3v) is 5.73. The molecule has 1 aromatic carbocycles. The molecule has 3 unspecified atom stereocenters. The maximum absolute atomic E-state index is 6.70. The van der Waals surface area contributed by atoms with E-state index in [0.717, 1.165) is 23.8 Å². The lowest BCUT2D eigenvalue weighted by molar-refractivity contribution is 0.169. The number of halogens is 1. The molecule has 0 spiro atoms. The molecule has 0 aromatic heterocycles. The van der Waals surface area contributed by atoms with Gasteiger partial charge < -0.3 is 9.47 Å². The average Bonchev–Trinajstić information content (AvgIpc) is 2.46. The predicted octanol–water partition coefficient (Wildman–Crippen LogP) is 4.78. The van der Waals surface area contributed by atoms with Crippen LogP contribution in [0.4, 0.5) is 0 Å². The fourth-order valence-corrected chi connectivity index (χ4v) is 4.53. The molecule has 1 aliphatic carbocycles. The first kappa shape index (κ1) is 15.0. The van der Waals surface area contributed by atoms with E-state index in [1.54, 1.807) is 0 Å². The van der Waals surface area contributed by atoms with Crippen LogP contribution in [0.3, 0.4) is 0 Å². The lowest BCUT2D eigenvalue weighted by Gasteiger charge is -2.42. The molecule has 0 amide bonds. The third-order valence-electron chi connectivity index (χ3n) is 5.25. The summed E-state index contributed by atoms with van der Waals surface area (Å²) in [4.78, 5) is 0. The number of rotatable bonds is 2. The predicted molar refractivity (Wildman–Crippen MR) is 86.6 cm³/mol. The summed E-state index contributed by atoms with van der Waals surface area (Å²) in [6.07, 6.45) is 3.61. The van der Waals surface area contributed by atoms with Crippen LogP contribution in [-0.2, 0) is 5.41 Å². The van der Waals surface area contributed by atoms with Crippen molar-refractivity contribution in [2.45, 2.75) is 50.8 Å². The Morgan fingerprint density at radius 1 is 1.10 bits per heavy atom. The Hall–Kier alpha value is -0.890. The third kappa shape index (κ3) is 2.88. The summed E-state index contributed by atoms with van der Waals surface area (Å²) in [5.41, 5.74) is 1.36. The van der Waals surface area contributed by atoms with Gasteiger partial charge in [-0.25, -0.2) is 0 Å². The maximum atomic E-state index is 6.70. The van der Waals surface area contributed by atoms with Gasteiger partial charge in [-0.1, -0.05) is 33.3 Å². The molecule has 1 heterocycles. The second kappa shape index (κ2) is 5.72. The summed E-state index contributed by atoms with van der Waals surface area (Å²) >= 11 is 6.70. The van der Waals surface area contributed by atoms with E-state index >= 15 is 0 Å². The van der Waals surface area contributed by atoms with Crippen LogP contribution < -0.4 is 9.47 Å². The number of ether oxygens (including phenoxy) is 2. The van der Waals surface area contributed by atoms with Crippen LogP contribution in [0.25, 0.3) is 0 Å². The zero-order valence-corrected chi connectivity index (χ0v) is 14.0. The van der Waals surface area contributed by atoms with Gasteiger partial charge in [0.2, 0.25) is 0 Å². The molecule has 2 aliphatic rings. The van der Waals surface area contributed by atoms with Crippen molar-refractivity contribution >= 4 is 11.6 Å². The Balaban J connectivity index is 1.87. The van der Waals surface area contributed by atoms with Gasteiger partial charge in [-0.05, 0) is 47.8 Å². The highest BCUT2D eigenvalue weighted by Crippen LogP contribution is 2.46. The van der Waals surface area contributed by atoms with Gasteiger partial charge >= 0.3 is 0 Å². The van der Waals surface area contributed by atoms with E-state index in [4.69, 9.17) is 21.1 Å². The fraction of sp³-hybridized carbons (Fsp3) is 0.667. The monoisotopic (exact) mass is 308 g/mol. The molecule has 21 heavy (non-hydrogen) atoms. The first-order valence-corrected chi connectivity index (χ1v) is 8.46. The highest BCUT2D eigenvalue weighted by atomic mass is 35.5. The molecule has 3 atom stereocenters. The standard InChI is InChI=1S/C18H25ClO2/c1-12-4-6-14(15(19)10-12)18(2,3)13-5-7-16-17(11-13)21-9-8-20-16/h5,7,11-12,14-15H,4,6,8-10H2,1-3H3. The van der Waals surface area contributed by atoms with Crippen LogP contribution in [0.1, 0.15) is 45.6 Å². The molecule has 1 fully saturated rings. The summed E-state index contributed by atoms with van der Waals surface area (Å²) in [7, 11) is 0. The Morgan fingerprint density at radius 2 is 1.81 bits per heavy atom. The number of benzene rings is 1. The SMILES string of the molecule is CC1CCC(C(C)(C)c2ccc3c(c2)OCCO3)C(Cl)C1. The van der Waals surface area contributed by atoms with E-state index in [-0.39, 0.29) is 10.8 Å². The van der Waals surface area contributed by atoms with E-state index in [9.17, 15) is 0 Å². The summed E-state index contributed by atoms with van der Waals surface area (Å²) in [5.74, 6) is 3.00. The van der Waals surface area contributed by atoms with Crippen molar-refractivity contribution in [2.75, 3.05) is 13.2 Å². The second-order valence-electron chi connectivity index (χ2n) is 7.12. The van der Waals surface area contributed by atoms with Crippen molar-refractivity contribution in [1.82, 2.24) is 0 Å². The number of alkyl halides is 1. The van der Waals surface area contributed by atoms with Crippen LogP contribution >= 0.6 is 11.6 Å². The molecule has 0 N–H and O–H groups in total. The van der Waals surface area contributed by atoms with Crippen LogP contribution in [0.15, 0.2) is 18.2 Å². The molecule has 3 heteroatoms. The summed E-state index contributed by atoms with van der Waals surface area (Å²) < 4.78 is 11.4. The van der Waals surface area contributed by atoms with Gasteiger partial charge in [0.15, 0.2) is 11.5 Å². The van der Waals surface area contributed by atoms with Crippen molar-refractivity contribution in [3.63, 3.8) is 0 Å². The smallest absolute Gasteiger partial charge is 0.161 e. The van der Waals surface area contributed by atoms with Gasteiger partial charge in [0, 0.05) is 5.38 Å². The van der Waals surface area contributed by atoms with Crippen molar-refractivity contribution in [3.8, 4) is 11.5 Å². The Labute approximate surface area is 132 Å². The van der Waals surface area contributed by atoms with Crippen LogP contribution in [0, 0.1) is 11.8 Å². The quantitative estimate of drug-likeness (QED) is 0.732. The van der Waals surface area contributed by atoms with E-state index in [2.05, 4.69) is 32.9 Å². The zero-order chi connectivity index (χ0) is 15.0. The summed E-state index contributed by atoms with van der Waals surface area (Å²) in [6, 6.07) is 6.37. The zero-order valence-electron chi connectivity index (χ0n) is 13.2. The van der Waals surface area contributed by atoms with Gasteiger partial charge in [0.05, 0.1) is 0 Å². The van der Waals surface area contributed by atoms with E-state index in [1.807, 2.05) is 6.07 Å². The van der Waals surface area contributed by atoms with Crippen LogP contribution in [0.5, 0.6) is 11.5 Å². The molecule has 2 nitrogen and oxygen atoms in total. The molecule has 0 saturated heterocycles. The summed E-state index contributed by atoms with van der Waals surface area (Å²) in [6.45, 7) is 8.21. The number of fused-ring (bicyclic) bond motifs is 1. The van der Waals surface area contributed by atoms with Gasteiger partial charge in [-0.15, -0.1) is 11.6 Å². The molecule has 0 radical (unpaired) electrons. The highest BCUT2D eigenvalue weighted by Gasteiger charge is 2.39. The minimum Gasteiger partial charge on any atom is -0.486 e. The fourth-order valence-electron chi connectivity index (χ4n) is 3.78. The van der Waals surface area contributed by atoms with E-state index < -0.39 is 0 Å². The molecule has 0 bridgehead atoms. The average molecular weight is 309 g/mol. The molecular formula is C18H25ClO2.